The van der Waals surface area contributed by atoms with Crippen LogP contribution < -0.4 is 4.90 Å². The SMILES string of the molecule is CCc1c(C(=O)N2CCN(c3nc(C)cs3)C(=O)C2)nc2c(C(F)(F)F)cc(-c3ccoc3)cn12. The van der Waals surface area contributed by atoms with Crippen LogP contribution >= 0.6 is 11.3 Å². The third-order valence-electron chi connectivity index (χ3n) is 5.86. The second-order valence-corrected chi connectivity index (χ2v) is 8.99. The summed E-state index contributed by atoms with van der Waals surface area (Å²) in [4.78, 5) is 37.5. The van der Waals surface area contributed by atoms with Crippen molar-refractivity contribution in [3.8, 4) is 11.1 Å². The maximum Gasteiger partial charge on any atom is 0.420 e. The summed E-state index contributed by atoms with van der Waals surface area (Å²) in [6.07, 6.45) is -0.178. The first-order valence-corrected chi connectivity index (χ1v) is 11.7. The monoisotopic (exact) mass is 503 g/mol. The van der Waals surface area contributed by atoms with Crippen LogP contribution in [0.4, 0.5) is 18.3 Å². The van der Waals surface area contributed by atoms with Crippen molar-refractivity contribution in [2.45, 2.75) is 26.4 Å². The lowest BCUT2D eigenvalue weighted by Crippen LogP contribution is -2.52. The molecule has 0 aromatic carbocycles. The molecule has 0 bridgehead atoms. The van der Waals surface area contributed by atoms with E-state index in [1.807, 2.05) is 12.3 Å². The van der Waals surface area contributed by atoms with Gasteiger partial charge in [0.15, 0.2) is 10.8 Å². The van der Waals surface area contributed by atoms with Gasteiger partial charge in [-0.3, -0.25) is 14.5 Å². The van der Waals surface area contributed by atoms with Gasteiger partial charge in [-0.05, 0) is 25.5 Å². The number of imidazole rings is 1. The van der Waals surface area contributed by atoms with E-state index in [0.717, 1.165) is 11.8 Å². The molecule has 0 aliphatic carbocycles. The van der Waals surface area contributed by atoms with Crippen LogP contribution in [0.15, 0.2) is 40.7 Å². The molecule has 0 radical (unpaired) electrons. The third-order valence-corrected chi connectivity index (χ3v) is 6.84. The largest absolute Gasteiger partial charge is 0.472 e. The molecule has 1 saturated heterocycles. The summed E-state index contributed by atoms with van der Waals surface area (Å²) in [6, 6.07) is 2.56. The number of aryl methyl sites for hydroxylation is 2. The molecule has 5 heterocycles. The number of thiazole rings is 1. The number of aromatic nitrogens is 3. The molecule has 12 heteroatoms. The van der Waals surface area contributed by atoms with Crippen LogP contribution in [0.1, 0.15) is 34.4 Å². The second kappa shape index (κ2) is 8.52. The number of rotatable bonds is 4. The summed E-state index contributed by atoms with van der Waals surface area (Å²) in [5.41, 5.74) is 0.495. The lowest BCUT2D eigenvalue weighted by atomic mass is 10.1. The highest BCUT2D eigenvalue weighted by Crippen LogP contribution is 2.36. The number of halogens is 3. The maximum atomic E-state index is 14.0. The summed E-state index contributed by atoms with van der Waals surface area (Å²) in [5, 5.41) is 2.39. The molecule has 4 aromatic heterocycles. The molecule has 5 rings (SSSR count). The van der Waals surface area contributed by atoms with E-state index in [2.05, 4.69) is 9.97 Å². The van der Waals surface area contributed by atoms with Gasteiger partial charge in [0.1, 0.15) is 12.2 Å². The van der Waals surface area contributed by atoms with Gasteiger partial charge >= 0.3 is 6.18 Å². The fourth-order valence-corrected chi connectivity index (χ4v) is 5.01. The summed E-state index contributed by atoms with van der Waals surface area (Å²) in [6.45, 7) is 3.82. The average molecular weight is 504 g/mol. The summed E-state index contributed by atoms with van der Waals surface area (Å²) in [7, 11) is 0. The molecule has 182 valence electrons. The van der Waals surface area contributed by atoms with Crippen molar-refractivity contribution < 1.29 is 27.2 Å². The third kappa shape index (κ3) is 4.07. The number of fused-ring (bicyclic) bond motifs is 1. The van der Waals surface area contributed by atoms with Crippen molar-refractivity contribution >= 4 is 33.9 Å². The number of furan rings is 1. The van der Waals surface area contributed by atoms with Crippen LogP contribution in [-0.2, 0) is 17.4 Å². The minimum Gasteiger partial charge on any atom is -0.472 e. The van der Waals surface area contributed by atoms with Gasteiger partial charge in [-0.2, -0.15) is 13.2 Å². The zero-order valence-corrected chi connectivity index (χ0v) is 19.6. The molecule has 0 atom stereocenters. The topological polar surface area (TPSA) is 84.0 Å². The van der Waals surface area contributed by atoms with E-state index >= 15 is 0 Å². The van der Waals surface area contributed by atoms with Gasteiger partial charge in [-0.15, -0.1) is 11.3 Å². The number of nitrogens with zero attached hydrogens (tertiary/aromatic N) is 5. The fraction of sp³-hybridized carbons (Fsp3) is 0.304. The van der Waals surface area contributed by atoms with Crippen molar-refractivity contribution in [2.75, 3.05) is 24.5 Å². The summed E-state index contributed by atoms with van der Waals surface area (Å²) in [5.74, 6) is -0.883. The first-order chi connectivity index (χ1) is 16.7. The molecular weight excluding hydrogens is 483 g/mol. The van der Waals surface area contributed by atoms with E-state index in [4.69, 9.17) is 4.42 Å². The van der Waals surface area contributed by atoms with Gasteiger partial charge < -0.3 is 13.7 Å². The summed E-state index contributed by atoms with van der Waals surface area (Å²) >= 11 is 1.34. The average Bonchev–Trinajstić information content (AvgIpc) is 3.56. The molecule has 1 aliphatic rings. The van der Waals surface area contributed by atoms with E-state index in [0.29, 0.717) is 16.4 Å². The molecule has 1 aliphatic heterocycles. The van der Waals surface area contributed by atoms with Crippen molar-refractivity contribution in [1.29, 1.82) is 0 Å². The number of carbonyl (C=O) groups excluding carboxylic acids is 2. The van der Waals surface area contributed by atoms with Gasteiger partial charge in [0.05, 0.1) is 29.5 Å². The zero-order valence-electron chi connectivity index (χ0n) is 18.8. The van der Waals surface area contributed by atoms with E-state index in [-0.39, 0.29) is 48.9 Å². The first kappa shape index (κ1) is 23.1. The van der Waals surface area contributed by atoms with Crippen molar-refractivity contribution in [2.24, 2.45) is 0 Å². The number of pyridine rings is 1. The van der Waals surface area contributed by atoms with Crippen molar-refractivity contribution in [1.82, 2.24) is 19.3 Å². The van der Waals surface area contributed by atoms with E-state index in [1.54, 1.807) is 13.0 Å². The highest BCUT2D eigenvalue weighted by atomic mass is 32.1. The van der Waals surface area contributed by atoms with Gasteiger partial charge in [-0.25, -0.2) is 9.97 Å². The van der Waals surface area contributed by atoms with Crippen LogP contribution in [0.5, 0.6) is 0 Å². The number of amides is 2. The van der Waals surface area contributed by atoms with Crippen LogP contribution in [0.2, 0.25) is 0 Å². The van der Waals surface area contributed by atoms with Gasteiger partial charge in [0.25, 0.3) is 5.91 Å². The van der Waals surface area contributed by atoms with Crippen LogP contribution in [0.25, 0.3) is 16.8 Å². The molecule has 2 amide bonds. The minimum atomic E-state index is -4.69. The fourth-order valence-electron chi connectivity index (χ4n) is 4.16. The molecule has 1 fully saturated rings. The Morgan fingerprint density at radius 3 is 2.63 bits per heavy atom. The number of carbonyl (C=O) groups is 2. The van der Waals surface area contributed by atoms with Crippen molar-refractivity contribution in [3.63, 3.8) is 0 Å². The second-order valence-electron chi connectivity index (χ2n) is 8.15. The minimum absolute atomic E-state index is 0.0892. The van der Waals surface area contributed by atoms with Crippen LogP contribution in [0, 0.1) is 6.92 Å². The number of hydrogen-bond acceptors (Lipinski definition) is 6. The first-order valence-electron chi connectivity index (χ1n) is 10.8. The number of hydrogen-bond donors (Lipinski definition) is 0. The Labute approximate surface area is 201 Å². The molecule has 0 N–H and O–H groups in total. The lowest BCUT2D eigenvalue weighted by molar-refractivity contribution is -0.136. The molecule has 0 saturated carbocycles. The van der Waals surface area contributed by atoms with Crippen LogP contribution in [0.3, 0.4) is 0 Å². The lowest BCUT2D eigenvalue weighted by Gasteiger charge is -2.32. The van der Waals surface area contributed by atoms with Gasteiger partial charge in [0, 0.05) is 35.8 Å². The smallest absolute Gasteiger partial charge is 0.420 e. The normalized spacial score (nSPS) is 14.8. The standard InChI is InChI=1S/C23H20F3N5O3S/c1-3-17-19(21(33)29-5-6-30(18(32)10-29)22-27-13(2)12-35-22)28-20-16(23(24,25)26)8-15(9-31(17)20)14-4-7-34-11-14/h4,7-9,11-12H,3,5-6,10H2,1-2H3. The van der Waals surface area contributed by atoms with Gasteiger partial charge in [-0.1, -0.05) is 6.92 Å². The Kier molecular flexibility index (Phi) is 5.62. The number of anilines is 1. The van der Waals surface area contributed by atoms with E-state index < -0.39 is 17.6 Å². The Morgan fingerprint density at radius 1 is 1.23 bits per heavy atom. The Balaban J connectivity index is 1.53. The molecule has 4 aromatic rings. The summed E-state index contributed by atoms with van der Waals surface area (Å²) < 4.78 is 48.3. The molecule has 35 heavy (non-hydrogen) atoms. The Hall–Kier alpha value is -3.67. The number of piperazine rings is 1. The predicted octanol–water partition coefficient (Wildman–Crippen LogP) is 4.43. The molecule has 0 spiro atoms. The molecule has 0 unspecified atom stereocenters. The van der Waals surface area contributed by atoms with Crippen molar-refractivity contribution in [3.05, 3.63) is 58.9 Å². The van der Waals surface area contributed by atoms with E-state index in [9.17, 15) is 22.8 Å². The highest BCUT2D eigenvalue weighted by Gasteiger charge is 2.37. The Morgan fingerprint density at radius 2 is 2.03 bits per heavy atom. The molecule has 8 nitrogen and oxygen atoms in total. The highest BCUT2D eigenvalue weighted by molar-refractivity contribution is 7.14. The zero-order chi connectivity index (χ0) is 24.9. The van der Waals surface area contributed by atoms with Gasteiger partial charge in [0.2, 0.25) is 5.91 Å². The molecular formula is C23H20F3N5O3S. The predicted molar refractivity (Wildman–Crippen MR) is 122 cm³/mol. The maximum absolute atomic E-state index is 14.0. The van der Waals surface area contributed by atoms with Crippen LogP contribution in [-0.4, -0.2) is 50.7 Å². The van der Waals surface area contributed by atoms with E-state index in [1.165, 1.54) is 44.3 Å². The Bertz CT molecular complexity index is 1420. The number of alkyl halides is 3. The quantitative estimate of drug-likeness (QED) is 0.412.